The van der Waals surface area contributed by atoms with Gasteiger partial charge in [0.05, 0.1) is 0 Å². The van der Waals surface area contributed by atoms with Crippen molar-refractivity contribution in [2.75, 3.05) is 11.9 Å². The normalized spacial score (nSPS) is 14.3. The van der Waals surface area contributed by atoms with Crippen molar-refractivity contribution in [3.63, 3.8) is 0 Å². The summed E-state index contributed by atoms with van der Waals surface area (Å²) >= 11 is 1.42. The number of nitrogens with one attached hydrogen (secondary N) is 3. The van der Waals surface area contributed by atoms with Crippen molar-refractivity contribution in [2.24, 2.45) is 10.8 Å². The van der Waals surface area contributed by atoms with Crippen LogP contribution in [-0.4, -0.2) is 40.6 Å². The smallest absolute Gasteiger partial charge is 0.250 e. The Morgan fingerprint density at radius 1 is 1.17 bits per heavy atom. The predicted octanol–water partition coefficient (Wildman–Crippen LogP) is 3.30. The van der Waals surface area contributed by atoms with Crippen molar-refractivity contribution in [2.45, 2.75) is 86.4 Å². The number of carbonyl (C=O) groups is 2. The minimum atomic E-state index is -1.18. The number of rotatable bonds is 10. The number of hydrogen-bond donors (Lipinski definition) is 4. The number of nitrogens with zero attached hydrogens (tertiary/aromatic N) is 1. The maximum absolute atomic E-state index is 12.6. The number of aliphatic hydroxyl groups is 1. The van der Waals surface area contributed by atoms with Crippen LogP contribution in [0, 0.1) is 10.8 Å². The first-order valence-corrected chi connectivity index (χ1v) is 11.1. The van der Waals surface area contributed by atoms with E-state index in [1.54, 1.807) is 27.0 Å². The minimum absolute atomic E-state index is 0.291. The van der Waals surface area contributed by atoms with E-state index in [1.807, 2.05) is 6.92 Å². The average molecular weight is 427 g/mol. The molecule has 8 heteroatoms. The van der Waals surface area contributed by atoms with Crippen LogP contribution in [-0.2, 0) is 16.1 Å². The molecular formula is C21H38N4O3S. The zero-order valence-corrected chi connectivity index (χ0v) is 19.7. The summed E-state index contributed by atoms with van der Waals surface area (Å²) in [6.07, 6.45) is 2.86. The third-order valence-electron chi connectivity index (χ3n) is 4.41. The quantitative estimate of drug-likeness (QED) is 0.430. The maximum Gasteiger partial charge on any atom is 0.250 e. The molecule has 0 spiro atoms. The van der Waals surface area contributed by atoms with Gasteiger partial charge in [0.2, 0.25) is 11.8 Å². The van der Waals surface area contributed by atoms with Crippen molar-refractivity contribution >= 4 is 28.3 Å². The first-order chi connectivity index (χ1) is 13.3. The van der Waals surface area contributed by atoms with E-state index in [1.165, 1.54) is 11.3 Å². The highest BCUT2D eigenvalue weighted by molar-refractivity contribution is 7.15. The number of amides is 2. The zero-order chi connectivity index (χ0) is 22.2. The molecule has 29 heavy (non-hydrogen) atoms. The van der Waals surface area contributed by atoms with Gasteiger partial charge in [-0.25, -0.2) is 4.98 Å². The lowest BCUT2D eigenvalue weighted by molar-refractivity contribution is -0.137. The summed E-state index contributed by atoms with van der Waals surface area (Å²) < 4.78 is 0. The van der Waals surface area contributed by atoms with Gasteiger partial charge in [0.25, 0.3) is 0 Å². The standard InChI is InChI=1S/C21H38N4O3S/c1-8-9-15(24-18(28)16(26)21(5,6)7)17(27)25-19-23-13-14(29-19)12-22-11-10-20(2,3)4/h13,15-16,22,26H,8-12H2,1-7H3,(H,24,28)(H,23,25,27). The second-order valence-electron chi connectivity index (χ2n) is 9.73. The SMILES string of the molecule is CCCC(NC(=O)C(O)C(C)(C)C)C(=O)Nc1ncc(CNCCC(C)(C)C)s1. The third-order valence-corrected chi connectivity index (χ3v) is 5.33. The molecule has 0 aliphatic rings. The molecule has 1 aromatic heterocycles. The van der Waals surface area contributed by atoms with E-state index in [9.17, 15) is 14.7 Å². The lowest BCUT2D eigenvalue weighted by Crippen LogP contribution is -2.50. The van der Waals surface area contributed by atoms with E-state index in [4.69, 9.17) is 0 Å². The second kappa shape index (κ2) is 11.0. The van der Waals surface area contributed by atoms with Gasteiger partial charge in [0, 0.05) is 17.6 Å². The molecule has 4 N–H and O–H groups in total. The number of carbonyl (C=O) groups excluding carboxylic acids is 2. The maximum atomic E-state index is 12.6. The Morgan fingerprint density at radius 2 is 1.83 bits per heavy atom. The van der Waals surface area contributed by atoms with Crippen LogP contribution >= 0.6 is 11.3 Å². The molecular weight excluding hydrogens is 388 g/mol. The fourth-order valence-electron chi connectivity index (χ4n) is 2.52. The Morgan fingerprint density at radius 3 is 2.38 bits per heavy atom. The number of thiazole rings is 1. The van der Waals surface area contributed by atoms with Crippen molar-refractivity contribution < 1.29 is 14.7 Å². The molecule has 0 saturated carbocycles. The number of anilines is 1. The highest BCUT2D eigenvalue weighted by Crippen LogP contribution is 2.21. The van der Waals surface area contributed by atoms with Gasteiger partial charge in [-0.1, -0.05) is 54.9 Å². The molecule has 0 bridgehead atoms. The highest BCUT2D eigenvalue weighted by Gasteiger charge is 2.31. The van der Waals surface area contributed by atoms with Crippen LogP contribution in [0.15, 0.2) is 6.20 Å². The van der Waals surface area contributed by atoms with Gasteiger partial charge in [-0.3, -0.25) is 9.59 Å². The van der Waals surface area contributed by atoms with Gasteiger partial charge in [0.1, 0.15) is 12.1 Å². The van der Waals surface area contributed by atoms with E-state index >= 15 is 0 Å². The largest absolute Gasteiger partial charge is 0.383 e. The van der Waals surface area contributed by atoms with Crippen molar-refractivity contribution in [3.8, 4) is 0 Å². The van der Waals surface area contributed by atoms with Gasteiger partial charge in [0.15, 0.2) is 5.13 Å². The summed E-state index contributed by atoms with van der Waals surface area (Å²) in [6.45, 7) is 15.5. The second-order valence-corrected chi connectivity index (χ2v) is 10.8. The lowest BCUT2D eigenvalue weighted by atomic mass is 9.88. The molecule has 1 heterocycles. The summed E-state index contributed by atoms with van der Waals surface area (Å²) in [7, 11) is 0. The Labute approximate surface area is 179 Å². The third kappa shape index (κ3) is 9.69. The first-order valence-electron chi connectivity index (χ1n) is 10.3. The Balaban J connectivity index is 2.60. The summed E-state index contributed by atoms with van der Waals surface area (Å²) in [5.41, 5.74) is -0.305. The summed E-state index contributed by atoms with van der Waals surface area (Å²) in [5.74, 6) is -0.850. The van der Waals surface area contributed by atoms with Crippen LogP contribution in [0.1, 0.15) is 72.6 Å². The van der Waals surface area contributed by atoms with Crippen LogP contribution < -0.4 is 16.0 Å². The molecule has 166 valence electrons. The molecule has 0 saturated heterocycles. The topological polar surface area (TPSA) is 103 Å². The monoisotopic (exact) mass is 426 g/mol. The van der Waals surface area contributed by atoms with Crippen LogP contribution in [0.4, 0.5) is 5.13 Å². The number of aliphatic hydroxyl groups excluding tert-OH is 1. The minimum Gasteiger partial charge on any atom is -0.383 e. The van der Waals surface area contributed by atoms with E-state index in [-0.39, 0.29) is 5.91 Å². The molecule has 2 amide bonds. The Bertz CT molecular complexity index is 662. The highest BCUT2D eigenvalue weighted by atomic mass is 32.1. The van der Waals surface area contributed by atoms with Crippen molar-refractivity contribution in [3.05, 3.63) is 11.1 Å². The molecule has 0 aliphatic heterocycles. The predicted molar refractivity (Wildman–Crippen MR) is 119 cm³/mol. The lowest BCUT2D eigenvalue weighted by Gasteiger charge is -2.26. The van der Waals surface area contributed by atoms with Gasteiger partial charge < -0.3 is 21.1 Å². The Hall–Kier alpha value is -1.51. The van der Waals surface area contributed by atoms with Crippen molar-refractivity contribution in [1.82, 2.24) is 15.6 Å². The molecule has 1 rings (SSSR count). The molecule has 0 radical (unpaired) electrons. The molecule has 2 atom stereocenters. The summed E-state index contributed by atoms with van der Waals surface area (Å²) in [4.78, 5) is 30.2. The molecule has 0 aliphatic carbocycles. The van der Waals surface area contributed by atoms with Gasteiger partial charge >= 0.3 is 0 Å². The van der Waals surface area contributed by atoms with Gasteiger partial charge in [-0.2, -0.15) is 0 Å². The van der Waals surface area contributed by atoms with Crippen molar-refractivity contribution in [1.29, 1.82) is 0 Å². The average Bonchev–Trinajstić information content (AvgIpc) is 3.03. The summed E-state index contributed by atoms with van der Waals surface area (Å²) in [6, 6.07) is -0.707. The Kier molecular flexibility index (Phi) is 9.71. The molecule has 1 aromatic rings. The summed E-state index contributed by atoms with van der Waals surface area (Å²) in [5, 5.41) is 19.5. The van der Waals surface area contributed by atoms with E-state index in [0.717, 1.165) is 24.3 Å². The molecule has 0 fully saturated rings. The fourth-order valence-corrected chi connectivity index (χ4v) is 3.30. The van der Waals surface area contributed by atoms with Crippen LogP contribution in [0.5, 0.6) is 0 Å². The number of aromatic nitrogens is 1. The zero-order valence-electron chi connectivity index (χ0n) is 18.9. The molecule has 0 aromatic carbocycles. The van der Waals surface area contributed by atoms with Crippen LogP contribution in [0.2, 0.25) is 0 Å². The van der Waals surface area contributed by atoms with Crippen LogP contribution in [0.25, 0.3) is 0 Å². The van der Waals surface area contributed by atoms with Gasteiger partial charge in [-0.15, -0.1) is 11.3 Å². The molecule has 2 unspecified atom stereocenters. The van der Waals surface area contributed by atoms with E-state index in [0.29, 0.717) is 23.5 Å². The number of hydrogen-bond acceptors (Lipinski definition) is 6. The van der Waals surface area contributed by atoms with E-state index in [2.05, 4.69) is 41.7 Å². The fraction of sp³-hybridized carbons (Fsp3) is 0.762. The van der Waals surface area contributed by atoms with Crippen LogP contribution in [0.3, 0.4) is 0 Å². The first kappa shape index (κ1) is 25.5. The van der Waals surface area contributed by atoms with Gasteiger partial charge in [-0.05, 0) is 30.2 Å². The van der Waals surface area contributed by atoms with E-state index < -0.39 is 23.5 Å². The molecule has 7 nitrogen and oxygen atoms in total.